The Kier molecular flexibility index (Phi) is 3.71. The van der Waals surface area contributed by atoms with Gasteiger partial charge in [-0.25, -0.2) is 4.99 Å². The summed E-state index contributed by atoms with van der Waals surface area (Å²) in [7, 11) is 0. The van der Waals surface area contributed by atoms with Gasteiger partial charge >= 0.3 is 0 Å². The van der Waals surface area contributed by atoms with E-state index in [9.17, 15) is 4.79 Å². The predicted octanol–water partition coefficient (Wildman–Crippen LogP) is 2.91. The van der Waals surface area contributed by atoms with Crippen molar-refractivity contribution in [1.82, 2.24) is 15.2 Å². The smallest absolute Gasteiger partial charge is 0.269 e. The zero-order valence-electron chi connectivity index (χ0n) is 14.5. The molecule has 27 heavy (non-hydrogen) atoms. The number of nitrogens with one attached hydrogen (secondary N) is 3. The standard InChI is InChI=1S/C20H18N6O/c27-19-18(24-20-23-17(25-26-20)13-10-11-13)22-16(12-6-2-1-3-7-12)14-8-4-5-9-15(14)21-19/h1-9,13,18H,10-11H2,(H,21,27)(H2,23,24,25,26). The summed E-state index contributed by atoms with van der Waals surface area (Å²) in [5.74, 6) is 1.54. The lowest BCUT2D eigenvalue weighted by Gasteiger charge is -2.12. The lowest BCUT2D eigenvalue weighted by Crippen LogP contribution is -2.33. The Morgan fingerprint density at radius 2 is 1.74 bits per heavy atom. The van der Waals surface area contributed by atoms with E-state index in [0.29, 0.717) is 11.9 Å². The van der Waals surface area contributed by atoms with Crippen molar-refractivity contribution in [2.45, 2.75) is 24.9 Å². The molecule has 2 aliphatic rings. The number of benzodiazepines with no additional fused rings is 1. The van der Waals surface area contributed by atoms with E-state index in [1.807, 2.05) is 54.6 Å². The van der Waals surface area contributed by atoms with E-state index in [2.05, 4.69) is 25.8 Å². The summed E-state index contributed by atoms with van der Waals surface area (Å²) in [6, 6.07) is 17.5. The van der Waals surface area contributed by atoms with E-state index < -0.39 is 6.17 Å². The lowest BCUT2D eigenvalue weighted by molar-refractivity contribution is -0.116. The molecule has 134 valence electrons. The third-order valence-electron chi connectivity index (χ3n) is 4.74. The molecule has 1 atom stereocenters. The quantitative estimate of drug-likeness (QED) is 0.668. The number of anilines is 2. The van der Waals surface area contributed by atoms with Crippen LogP contribution >= 0.6 is 0 Å². The Bertz CT molecular complexity index is 1020. The van der Waals surface area contributed by atoms with Crippen LogP contribution in [-0.2, 0) is 4.79 Å². The van der Waals surface area contributed by atoms with Crippen molar-refractivity contribution < 1.29 is 4.79 Å². The highest BCUT2D eigenvalue weighted by Gasteiger charge is 2.29. The van der Waals surface area contributed by atoms with Gasteiger partial charge in [0.05, 0.1) is 11.4 Å². The van der Waals surface area contributed by atoms with Crippen molar-refractivity contribution in [3.05, 3.63) is 71.5 Å². The number of amides is 1. The molecule has 0 spiro atoms. The topological polar surface area (TPSA) is 95.1 Å². The molecule has 1 fully saturated rings. The maximum Gasteiger partial charge on any atom is 0.269 e. The van der Waals surface area contributed by atoms with Crippen molar-refractivity contribution in [3.63, 3.8) is 0 Å². The van der Waals surface area contributed by atoms with Crippen LogP contribution < -0.4 is 10.6 Å². The van der Waals surface area contributed by atoms with E-state index in [1.54, 1.807) is 0 Å². The van der Waals surface area contributed by atoms with E-state index in [-0.39, 0.29) is 5.91 Å². The molecule has 2 aromatic carbocycles. The van der Waals surface area contributed by atoms with Gasteiger partial charge in [0.2, 0.25) is 12.1 Å². The van der Waals surface area contributed by atoms with E-state index in [0.717, 1.165) is 41.2 Å². The summed E-state index contributed by atoms with van der Waals surface area (Å²) >= 11 is 0. The molecule has 1 unspecified atom stereocenters. The number of aromatic nitrogens is 3. The summed E-state index contributed by atoms with van der Waals surface area (Å²) in [6.45, 7) is 0. The van der Waals surface area contributed by atoms with Gasteiger partial charge in [0.15, 0.2) is 0 Å². The Morgan fingerprint density at radius 3 is 2.56 bits per heavy atom. The molecule has 0 radical (unpaired) electrons. The SMILES string of the molecule is O=C1Nc2ccccc2C(c2ccccc2)=NC1Nc1nnc(C2CC2)[nH]1. The fourth-order valence-corrected chi connectivity index (χ4v) is 3.19. The second-order valence-corrected chi connectivity index (χ2v) is 6.76. The predicted molar refractivity (Wildman–Crippen MR) is 103 cm³/mol. The number of carbonyl (C=O) groups is 1. The average molecular weight is 358 g/mol. The van der Waals surface area contributed by atoms with Crippen molar-refractivity contribution in [2.75, 3.05) is 10.6 Å². The maximum absolute atomic E-state index is 12.8. The van der Waals surface area contributed by atoms with E-state index in [1.165, 1.54) is 0 Å². The first-order valence-electron chi connectivity index (χ1n) is 9.00. The first kappa shape index (κ1) is 15.7. The lowest BCUT2D eigenvalue weighted by atomic mass is 10.0. The minimum Gasteiger partial charge on any atom is -0.325 e. The normalized spacial score (nSPS) is 18.9. The number of H-pyrrole nitrogens is 1. The van der Waals surface area contributed by atoms with Crippen LogP contribution in [-0.4, -0.2) is 33.0 Å². The van der Waals surface area contributed by atoms with Gasteiger partial charge in [-0.2, -0.15) is 0 Å². The molecule has 2 heterocycles. The molecule has 3 aromatic rings. The molecule has 3 N–H and O–H groups in total. The van der Waals surface area contributed by atoms with Gasteiger partial charge in [0.25, 0.3) is 5.91 Å². The van der Waals surface area contributed by atoms with Crippen LogP contribution in [0.3, 0.4) is 0 Å². The van der Waals surface area contributed by atoms with Gasteiger partial charge in [-0.15, -0.1) is 10.2 Å². The Hall–Kier alpha value is -3.48. The zero-order valence-corrected chi connectivity index (χ0v) is 14.5. The molecule has 0 saturated heterocycles. The largest absolute Gasteiger partial charge is 0.325 e. The first-order valence-corrected chi connectivity index (χ1v) is 9.00. The Labute approximate surface area is 155 Å². The molecule has 5 rings (SSSR count). The van der Waals surface area contributed by atoms with Gasteiger partial charge < -0.3 is 15.6 Å². The molecule has 1 aromatic heterocycles. The summed E-state index contributed by atoms with van der Waals surface area (Å²) in [4.78, 5) is 20.7. The Balaban J connectivity index is 1.53. The van der Waals surface area contributed by atoms with Gasteiger partial charge in [-0.05, 0) is 18.9 Å². The fourth-order valence-electron chi connectivity index (χ4n) is 3.19. The number of hydrogen-bond donors (Lipinski definition) is 3. The van der Waals surface area contributed by atoms with Crippen molar-refractivity contribution in [1.29, 1.82) is 0 Å². The number of benzene rings is 2. The number of aliphatic imine (C=N–C) groups is 1. The number of aromatic amines is 1. The molecule has 7 heteroatoms. The fraction of sp³-hybridized carbons (Fsp3) is 0.200. The summed E-state index contributed by atoms with van der Waals surface area (Å²) in [5.41, 5.74) is 3.33. The molecular formula is C20H18N6O. The number of fused-ring (bicyclic) bond motifs is 1. The first-order chi connectivity index (χ1) is 13.3. The van der Waals surface area contributed by atoms with E-state index >= 15 is 0 Å². The highest BCUT2D eigenvalue weighted by atomic mass is 16.2. The van der Waals surface area contributed by atoms with Crippen LogP contribution in [0.2, 0.25) is 0 Å². The van der Waals surface area contributed by atoms with Crippen molar-refractivity contribution in [2.24, 2.45) is 4.99 Å². The molecule has 1 aliphatic heterocycles. The number of rotatable bonds is 4. The van der Waals surface area contributed by atoms with Crippen molar-refractivity contribution >= 4 is 23.3 Å². The Morgan fingerprint density at radius 1 is 0.963 bits per heavy atom. The molecule has 1 saturated carbocycles. The van der Waals surface area contributed by atoms with Gasteiger partial charge in [0.1, 0.15) is 5.82 Å². The minimum absolute atomic E-state index is 0.238. The summed E-state index contributed by atoms with van der Waals surface area (Å²) in [6.07, 6.45) is 1.45. The van der Waals surface area contributed by atoms with Crippen LogP contribution in [0.5, 0.6) is 0 Å². The van der Waals surface area contributed by atoms with E-state index in [4.69, 9.17) is 4.99 Å². The van der Waals surface area contributed by atoms with Gasteiger partial charge in [-0.1, -0.05) is 48.5 Å². The number of nitrogens with zero attached hydrogens (tertiary/aromatic N) is 3. The van der Waals surface area contributed by atoms with Crippen LogP contribution in [0, 0.1) is 0 Å². The van der Waals surface area contributed by atoms with Crippen LogP contribution in [0.1, 0.15) is 35.7 Å². The van der Waals surface area contributed by atoms with Crippen LogP contribution in [0.25, 0.3) is 0 Å². The molecule has 1 amide bonds. The average Bonchev–Trinajstić information content (AvgIpc) is 3.47. The second kappa shape index (κ2) is 6.35. The highest BCUT2D eigenvalue weighted by Crippen LogP contribution is 2.38. The molecule has 1 aliphatic carbocycles. The second-order valence-electron chi connectivity index (χ2n) is 6.76. The number of para-hydroxylation sites is 1. The summed E-state index contributed by atoms with van der Waals surface area (Å²) in [5, 5.41) is 14.3. The third kappa shape index (κ3) is 3.08. The molecule has 0 bridgehead atoms. The molecular weight excluding hydrogens is 340 g/mol. The van der Waals surface area contributed by atoms with Crippen LogP contribution in [0.4, 0.5) is 11.6 Å². The maximum atomic E-state index is 12.8. The molecule has 7 nitrogen and oxygen atoms in total. The van der Waals surface area contributed by atoms with Gasteiger partial charge in [0, 0.05) is 17.0 Å². The third-order valence-corrected chi connectivity index (χ3v) is 4.74. The minimum atomic E-state index is -0.812. The number of carbonyl (C=O) groups excluding carboxylic acids is 1. The van der Waals surface area contributed by atoms with Crippen molar-refractivity contribution in [3.8, 4) is 0 Å². The zero-order chi connectivity index (χ0) is 18.2. The highest BCUT2D eigenvalue weighted by molar-refractivity contribution is 6.19. The monoisotopic (exact) mass is 358 g/mol. The van der Waals surface area contributed by atoms with Gasteiger partial charge in [-0.3, -0.25) is 4.79 Å². The number of hydrogen-bond acceptors (Lipinski definition) is 5. The summed E-state index contributed by atoms with van der Waals surface area (Å²) < 4.78 is 0. The van der Waals surface area contributed by atoms with Crippen LogP contribution in [0.15, 0.2) is 59.6 Å².